The van der Waals surface area contributed by atoms with Crippen LogP contribution >= 0.6 is 0 Å². The lowest BCUT2D eigenvalue weighted by Crippen LogP contribution is -2.31. The van der Waals surface area contributed by atoms with Crippen molar-refractivity contribution in [3.8, 4) is 17.1 Å². The minimum absolute atomic E-state index is 0.222. The Morgan fingerprint density at radius 1 is 1.08 bits per heavy atom. The quantitative estimate of drug-likeness (QED) is 0.653. The Kier molecular flexibility index (Phi) is 6.04. The monoisotopic (exact) mass is 350 g/mol. The van der Waals surface area contributed by atoms with Crippen molar-refractivity contribution in [2.45, 2.75) is 12.6 Å². The van der Waals surface area contributed by atoms with Gasteiger partial charge in [0.15, 0.2) is 0 Å². The van der Waals surface area contributed by atoms with Gasteiger partial charge in [-0.15, -0.1) is 0 Å². The van der Waals surface area contributed by atoms with E-state index in [-0.39, 0.29) is 6.04 Å². The van der Waals surface area contributed by atoms with E-state index >= 15 is 0 Å². The predicted octanol–water partition coefficient (Wildman–Crippen LogP) is 3.48. The third-order valence-corrected chi connectivity index (χ3v) is 4.28. The van der Waals surface area contributed by atoms with Gasteiger partial charge in [-0.2, -0.15) is 0 Å². The van der Waals surface area contributed by atoms with Crippen molar-refractivity contribution in [1.82, 2.24) is 20.2 Å². The standard InChI is InChI=1S/C21H26N4O/c1-25(2)15-20(16-9-11-19(26-3)12-10-16)22-13-18-14-23-21(24-18)17-7-5-4-6-8-17/h4-12,14,20,22H,13,15H2,1-3H3,(H,23,24). The molecular formula is C21H26N4O. The predicted molar refractivity (Wildman–Crippen MR) is 105 cm³/mol. The fraction of sp³-hybridized carbons (Fsp3) is 0.286. The number of imidazole rings is 1. The fourth-order valence-electron chi connectivity index (χ4n) is 2.91. The van der Waals surface area contributed by atoms with Gasteiger partial charge in [-0.05, 0) is 31.8 Å². The summed E-state index contributed by atoms with van der Waals surface area (Å²) in [5.74, 6) is 1.77. The highest BCUT2D eigenvalue weighted by Gasteiger charge is 2.13. The summed E-state index contributed by atoms with van der Waals surface area (Å²) in [6, 6.07) is 18.6. The molecule has 0 aliphatic rings. The first-order valence-corrected chi connectivity index (χ1v) is 8.77. The summed E-state index contributed by atoms with van der Waals surface area (Å²) in [6.07, 6.45) is 1.90. The molecule has 1 heterocycles. The number of likely N-dealkylation sites (N-methyl/N-ethyl adjacent to an activating group) is 1. The molecule has 1 unspecified atom stereocenters. The van der Waals surface area contributed by atoms with E-state index in [1.54, 1.807) is 7.11 Å². The highest BCUT2D eigenvalue weighted by molar-refractivity contribution is 5.54. The smallest absolute Gasteiger partial charge is 0.137 e. The van der Waals surface area contributed by atoms with Crippen molar-refractivity contribution >= 4 is 0 Å². The van der Waals surface area contributed by atoms with Gasteiger partial charge in [-0.1, -0.05) is 42.5 Å². The number of aromatic amines is 1. The van der Waals surface area contributed by atoms with E-state index in [0.717, 1.165) is 35.9 Å². The van der Waals surface area contributed by atoms with E-state index in [2.05, 4.69) is 58.5 Å². The second-order valence-corrected chi connectivity index (χ2v) is 6.59. The number of ether oxygens (including phenoxy) is 1. The maximum atomic E-state index is 5.26. The van der Waals surface area contributed by atoms with Gasteiger partial charge in [0.2, 0.25) is 0 Å². The SMILES string of the molecule is COc1ccc(C(CN(C)C)NCc2cnc(-c3ccccc3)[nH]2)cc1. The Labute approximate surface area is 155 Å². The molecular weight excluding hydrogens is 324 g/mol. The molecule has 2 N–H and O–H groups in total. The topological polar surface area (TPSA) is 53.2 Å². The van der Waals surface area contributed by atoms with Crippen LogP contribution in [0.25, 0.3) is 11.4 Å². The Bertz CT molecular complexity index is 796. The zero-order valence-corrected chi connectivity index (χ0v) is 15.6. The van der Waals surface area contributed by atoms with Gasteiger partial charge in [0.1, 0.15) is 11.6 Å². The van der Waals surface area contributed by atoms with E-state index in [1.165, 1.54) is 5.56 Å². The van der Waals surface area contributed by atoms with E-state index in [0.29, 0.717) is 0 Å². The van der Waals surface area contributed by atoms with Crippen LogP contribution in [0.5, 0.6) is 5.75 Å². The van der Waals surface area contributed by atoms with Gasteiger partial charge >= 0.3 is 0 Å². The molecule has 0 radical (unpaired) electrons. The minimum atomic E-state index is 0.222. The van der Waals surface area contributed by atoms with Crippen molar-refractivity contribution in [2.75, 3.05) is 27.7 Å². The van der Waals surface area contributed by atoms with Crippen molar-refractivity contribution < 1.29 is 4.74 Å². The fourth-order valence-corrected chi connectivity index (χ4v) is 2.91. The molecule has 0 aliphatic carbocycles. The van der Waals surface area contributed by atoms with Crippen LogP contribution in [0.4, 0.5) is 0 Å². The molecule has 0 amide bonds. The zero-order valence-electron chi connectivity index (χ0n) is 15.6. The van der Waals surface area contributed by atoms with Gasteiger partial charge in [0, 0.05) is 36.6 Å². The molecule has 5 heteroatoms. The molecule has 3 rings (SSSR count). The van der Waals surface area contributed by atoms with Crippen molar-refractivity contribution in [1.29, 1.82) is 0 Å². The Hall–Kier alpha value is -2.63. The van der Waals surface area contributed by atoms with Gasteiger partial charge in [0.25, 0.3) is 0 Å². The second-order valence-electron chi connectivity index (χ2n) is 6.59. The average molecular weight is 350 g/mol. The molecule has 1 aromatic heterocycles. The van der Waals surface area contributed by atoms with Crippen LogP contribution in [-0.2, 0) is 6.54 Å². The molecule has 0 bridgehead atoms. The first kappa shape index (κ1) is 18.2. The van der Waals surface area contributed by atoms with Crippen LogP contribution in [0.15, 0.2) is 60.8 Å². The van der Waals surface area contributed by atoms with Crippen LogP contribution in [0.3, 0.4) is 0 Å². The molecule has 0 saturated heterocycles. The Balaban J connectivity index is 1.68. The molecule has 26 heavy (non-hydrogen) atoms. The van der Waals surface area contributed by atoms with Gasteiger partial charge in [-0.25, -0.2) is 4.98 Å². The number of nitrogens with one attached hydrogen (secondary N) is 2. The highest BCUT2D eigenvalue weighted by atomic mass is 16.5. The number of methoxy groups -OCH3 is 1. The zero-order chi connectivity index (χ0) is 18.4. The van der Waals surface area contributed by atoms with E-state index < -0.39 is 0 Å². The molecule has 5 nitrogen and oxygen atoms in total. The van der Waals surface area contributed by atoms with Gasteiger partial charge < -0.3 is 19.9 Å². The van der Waals surface area contributed by atoms with Crippen LogP contribution in [0, 0.1) is 0 Å². The van der Waals surface area contributed by atoms with Gasteiger partial charge in [0.05, 0.1) is 7.11 Å². The van der Waals surface area contributed by atoms with E-state index in [9.17, 15) is 0 Å². The largest absolute Gasteiger partial charge is 0.497 e. The summed E-state index contributed by atoms with van der Waals surface area (Å²) in [5.41, 5.74) is 3.40. The summed E-state index contributed by atoms with van der Waals surface area (Å²) in [4.78, 5) is 10.1. The molecule has 2 aromatic carbocycles. The van der Waals surface area contributed by atoms with Gasteiger partial charge in [-0.3, -0.25) is 0 Å². The lowest BCUT2D eigenvalue weighted by Gasteiger charge is -2.23. The number of nitrogens with zero attached hydrogens (tertiary/aromatic N) is 2. The molecule has 0 fully saturated rings. The molecule has 136 valence electrons. The number of rotatable bonds is 8. The third kappa shape index (κ3) is 4.71. The second kappa shape index (κ2) is 8.65. The molecule has 1 atom stereocenters. The number of H-pyrrole nitrogens is 1. The van der Waals surface area contributed by atoms with Crippen LogP contribution in [0.2, 0.25) is 0 Å². The Morgan fingerprint density at radius 2 is 1.81 bits per heavy atom. The third-order valence-electron chi connectivity index (χ3n) is 4.28. The minimum Gasteiger partial charge on any atom is -0.497 e. The summed E-state index contributed by atoms with van der Waals surface area (Å²) < 4.78 is 5.26. The van der Waals surface area contributed by atoms with E-state index in [1.807, 2.05) is 36.5 Å². The number of hydrogen-bond donors (Lipinski definition) is 2. The van der Waals surface area contributed by atoms with Crippen LogP contribution in [-0.4, -0.2) is 42.6 Å². The molecule has 0 aliphatic heterocycles. The molecule has 0 spiro atoms. The average Bonchev–Trinajstić information content (AvgIpc) is 3.15. The maximum Gasteiger partial charge on any atom is 0.137 e. The summed E-state index contributed by atoms with van der Waals surface area (Å²) in [7, 11) is 5.86. The van der Waals surface area contributed by atoms with Crippen LogP contribution < -0.4 is 10.1 Å². The first-order chi connectivity index (χ1) is 12.7. The van der Waals surface area contributed by atoms with Crippen LogP contribution in [0.1, 0.15) is 17.3 Å². The highest BCUT2D eigenvalue weighted by Crippen LogP contribution is 2.19. The summed E-state index contributed by atoms with van der Waals surface area (Å²) in [6.45, 7) is 1.64. The summed E-state index contributed by atoms with van der Waals surface area (Å²) in [5, 5.41) is 3.63. The number of aromatic nitrogens is 2. The number of hydrogen-bond acceptors (Lipinski definition) is 4. The maximum absolute atomic E-state index is 5.26. The first-order valence-electron chi connectivity index (χ1n) is 8.77. The summed E-state index contributed by atoms with van der Waals surface area (Å²) >= 11 is 0. The molecule has 3 aromatic rings. The van der Waals surface area contributed by atoms with E-state index in [4.69, 9.17) is 4.74 Å². The lowest BCUT2D eigenvalue weighted by molar-refractivity contribution is 0.339. The van der Waals surface area contributed by atoms with Crippen molar-refractivity contribution in [2.24, 2.45) is 0 Å². The Morgan fingerprint density at radius 3 is 2.46 bits per heavy atom. The van der Waals surface area contributed by atoms with Crippen molar-refractivity contribution in [3.63, 3.8) is 0 Å². The number of benzene rings is 2. The lowest BCUT2D eigenvalue weighted by atomic mass is 10.1. The van der Waals surface area contributed by atoms with Crippen molar-refractivity contribution in [3.05, 3.63) is 72.1 Å². The molecule has 0 saturated carbocycles. The normalized spacial score (nSPS) is 12.3.